The maximum absolute atomic E-state index is 12.5. The molecule has 0 aliphatic carbocycles. The number of carboxylic acids is 1. The van der Waals surface area contributed by atoms with Crippen LogP contribution in [0.4, 0.5) is 11.5 Å². The first-order valence-corrected chi connectivity index (χ1v) is 8.68. The third-order valence-corrected chi connectivity index (χ3v) is 5.22. The summed E-state index contributed by atoms with van der Waals surface area (Å²) in [7, 11) is -0.629. The molecule has 7 nitrogen and oxygen atoms in total. The number of anilines is 2. The molecule has 0 atom stereocenters. The first-order valence-electron chi connectivity index (χ1n) is 6.82. The normalized spacial score (nSPS) is 11.2. The fourth-order valence-electron chi connectivity index (χ4n) is 2.12. The minimum Gasteiger partial charge on any atom is -0.478 e. The highest BCUT2D eigenvalue weighted by Gasteiger charge is 2.20. The Morgan fingerprint density at radius 1 is 1.33 bits per heavy atom. The zero-order valence-electron chi connectivity index (χ0n) is 13.2. The van der Waals surface area contributed by atoms with E-state index in [-0.39, 0.29) is 22.0 Å². The van der Waals surface area contributed by atoms with Crippen molar-refractivity contribution >= 4 is 39.1 Å². The quantitative estimate of drug-likeness (QED) is 0.840. The van der Waals surface area contributed by atoms with Gasteiger partial charge in [0.2, 0.25) is 0 Å². The van der Waals surface area contributed by atoms with Crippen molar-refractivity contribution in [3.63, 3.8) is 0 Å². The van der Waals surface area contributed by atoms with Gasteiger partial charge in [-0.2, -0.15) is 0 Å². The molecule has 1 heterocycles. The van der Waals surface area contributed by atoms with Gasteiger partial charge >= 0.3 is 5.97 Å². The van der Waals surface area contributed by atoms with E-state index in [4.69, 9.17) is 11.6 Å². The number of hydrogen-bond acceptors (Lipinski definition) is 5. The maximum atomic E-state index is 12.5. The van der Waals surface area contributed by atoms with Crippen LogP contribution in [-0.4, -0.2) is 38.6 Å². The van der Waals surface area contributed by atoms with Crippen molar-refractivity contribution < 1.29 is 18.3 Å². The summed E-state index contributed by atoms with van der Waals surface area (Å²) in [4.78, 5) is 16.9. The lowest BCUT2D eigenvalue weighted by molar-refractivity contribution is 0.0697. The number of hydrogen-bond donors (Lipinski definition) is 2. The average Bonchev–Trinajstić information content (AvgIpc) is 2.49. The fraction of sp³-hybridized carbons (Fsp3) is 0.200. The molecular weight excluding hydrogens is 354 g/mol. The molecule has 2 N–H and O–H groups in total. The fourth-order valence-corrected chi connectivity index (χ4v) is 3.65. The number of aromatic nitrogens is 1. The third-order valence-electron chi connectivity index (χ3n) is 3.28. The number of rotatable bonds is 5. The summed E-state index contributed by atoms with van der Waals surface area (Å²) in [6, 6.07) is 5.76. The van der Waals surface area contributed by atoms with E-state index in [0.717, 1.165) is 0 Å². The van der Waals surface area contributed by atoms with Gasteiger partial charge in [-0.3, -0.25) is 4.72 Å². The van der Waals surface area contributed by atoms with Crippen LogP contribution in [0.2, 0.25) is 5.02 Å². The van der Waals surface area contributed by atoms with E-state index in [0.29, 0.717) is 10.6 Å². The van der Waals surface area contributed by atoms with Crippen molar-refractivity contribution in [2.75, 3.05) is 23.7 Å². The Morgan fingerprint density at radius 2 is 2.00 bits per heavy atom. The van der Waals surface area contributed by atoms with Crippen molar-refractivity contribution in [1.29, 1.82) is 0 Å². The monoisotopic (exact) mass is 369 g/mol. The number of nitrogens with zero attached hydrogens (tertiary/aromatic N) is 2. The summed E-state index contributed by atoms with van der Waals surface area (Å²) in [5.41, 5.74) is 0.350. The number of sulfonamides is 1. The minimum absolute atomic E-state index is 0.0172. The molecule has 128 valence electrons. The molecule has 0 spiro atoms. The van der Waals surface area contributed by atoms with Crippen LogP contribution in [0.5, 0.6) is 0 Å². The Morgan fingerprint density at radius 3 is 2.58 bits per heavy atom. The topological polar surface area (TPSA) is 99.6 Å². The van der Waals surface area contributed by atoms with Crippen molar-refractivity contribution in [2.45, 2.75) is 11.8 Å². The molecule has 24 heavy (non-hydrogen) atoms. The van der Waals surface area contributed by atoms with Gasteiger partial charge in [0.15, 0.2) is 0 Å². The molecule has 9 heteroatoms. The van der Waals surface area contributed by atoms with Crippen LogP contribution >= 0.6 is 11.6 Å². The predicted molar refractivity (Wildman–Crippen MR) is 92.5 cm³/mol. The molecule has 2 aromatic rings. The summed E-state index contributed by atoms with van der Waals surface area (Å²) in [6.07, 6.45) is 1.26. The van der Waals surface area contributed by atoms with Crippen molar-refractivity contribution in [3.8, 4) is 0 Å². The van der Waals surface area contributed by atoms with Gasteiger partial charge in [0.1, 0.15) is 11.4 Å². The van der Waals surface area contributed by atoms with Crippen molar-refractivity contribution in [2.24, 2.45) is 0 Å². The van der Waals surface area contributed by atoms with Gasteiger partial charge in [-0.15, -0.1) is 0 Å². The van der Waals surface area contributed by atoms with Gasteiger partial charge < -0.3 is 10.0 Å². The lowest BCUT2D eigenvalue weighted by atomic mass is 10.2. The van der Waals surface area contributed by atoms with Crippen LogP contribution in [-0.2, 0) is 10.0 Å². The van der Waals surface area contributed by atoms with E-state index in [1.165, 1.54) is 29.3 Å². The number of aromatic carboxylic acids is 1. The van der Waals surface area contributed by atoms with Gasteiger partial charge in [-0.25, -0.2) is 18.2 Å². The van der Waals surface area contributed by atoms with Crippen molar-refractivity contribution in [3.05, 3.63) is 46.6 Å². The largest absolute Gasteiger partial charge is 0.478 e. The molecule has 0 unspecified atom stereocenters. The summed E-state index contributed by atoms with van der Waals surface area (Å²) in [5.74, 6) is -0.976. The van der Waals surface area contributed by atoms with Gasteiger partial charge in [0.05, 0.1) is 16.8 Å². The van der Waals surface area contributed by atoms with E-state index in [2.05, 4.69) is 9.71 Å². The second-order valence-corrected chi connectivity index (χ2v) is 7.32. The Labute approximate surface area is 144 Å². The second kappa shape index (κ2) is 6.66. The highest BCUT2D eigenvalue weighted by Crippen LogP contribution is 2.26. The first kappa shape index (κ1) is 18.0. The first-order chi connectivity index (χ1) is 11.1. The molecule has 1 aromatic heterocycles. The number of carbonyl (C=O) groups is 1. The van der Waals surface area contributed by atoms with Crippen LogP contribution < -0.4 is 9.62 Å². The standard InChI is InChI=1S/C15H16ClN3O4S/c1-9-12(16)5-4-6-13(9)24(22,23)18-10-7-11(15(20)21)14(17-8-10)19(2)3/h4-8,18H,1-3H3,(H,20,21). The zero-order valence-corrected chi connectivity index (χ0v) is 14.8. The summed E-state index contributed by atoms with van der Waals surface area (Å²) >= 11 is 5.96. The van der Waals surface area contributed by atoms with E-state index in [1.807, 2.05) is 0 Å². The molecule has 0 amide bonds. The molecule has 0 fully saturated rings. The van der Waals surface area contributed by atoms with E-state index >= 15 is 0 Å². The van der Waals surface area contributed by atoms with Crippen LogP contribution in [0.1, 0.15) is 15.9 Å². The minimum atomic E-state index is -3.92. The van der Waals surface area contributed by atoms with Gasteiger partial charge in [0, 0.05) is 19.1 Å². The Balaban J connectivity index is 2.45. The zero-order chi connectivity index (χ0) is 18.1. The van der Waals surface area contributed by atoms with Gasteiger partial charge in [-0.1, -0.05) is 17.7 Å². The van der Waals surface area contributed by atoms with Crippen LogP contribution in [0.15, 0.2) is 35.4 Å². The summed E-state index contributed by atoms with van der Waals surface area (Å²) < 4.78 is 27.4. The van der Waals surface area contributed by atoms with Gasteiger partial charge in [0.25, 0.3) is 10.0 Å². The Kier molecular flexibility index (Phi) is 5.00. The SMILES string of the molecule is Cc1c(Cl)cccc1S(=O)(=O)Nc1cnc(N(C)C)c(C(=O)O)c1. The lowest BCUT2D eigenvalue weighted by Crippen LogP contribution is -2.18. The molecule has 0 saturated heterocycles. The molecule has 2 rings (SSSR count). The number of pyridine rings is 1. The Hall–Kier alpha value is -2.32. The third kappa shape index (κ3) is 3.60. The highest BCUT2D eigenvalue weighted by molar-refractivity contribution is 7.92. The number of carboxylic acid groups (broad SMARTS) is 1. The van der Waals surface area contributed by atoms with E-state index < -0.39 is 16.0 Å². The second-order valence-electron chi connectivity index (χ2n) is 5.26. The molecule has 0 bridgehead atoms. The number of benzene rings is 1. The molecule has 0 radical (unpaired) electrons. The summed E-state index contributed by atoms with van der Waals surface area (Å²) in [6.45, 7) is 1.59. The molecule has 0 aliphatic rings. The summed E-state index contributed by atoms with van der Waals surface area (Å²) in [5, 5.41) is 9.60. The molecule has 0 aliphatic heterocycles. The maximum Gasteiger partial charge on any atom is 0.339 e. The molecule has 0 saturated carbocycles. The Bertz CT molecular complexity index is 898. The van der Waals surface area contributed by atoms with E-state index in [9.17, 15) is 18.3 Å². The predicted octanol–water partition coefficient (Wildman–Crippen LogP) is 2.61. The number of nitrogens with one attached hydrogen (secondary N) is 1. The van der Waals surface area contributed by atoms with E-state index in [1.54, 1.807) is 27.1 Å². The number of halogens is 1. The van der Waals surface area contributed by atoms with Crippen LogP contribution in [0.25, 0.3) is 0 Å². The van der Waals surface area contributed by atoms with Gasteiger partial charge in [-0.05, 0) is 30.7 Å². The molecular formula is C15H16ClN3O4S. The highest BCUT2D eigenvalue weighted by atomic mass is 35.5. The van der Waals surface area contributed by atoms with Crippen LogP contribution in [0.3, 0.4) is 0 Å². The lowest BCUT2D eigenvalue weighted by Gasteiger charge is -2.16. The smallest absolute Gasteiger partial charge is 0.339 e. The van der Waals surface area contributed by atoms with Crippen molar-refractivity contribution in [1.82, 2.24) is 4.98 Å². The average molecular weight is 370 g/mol. The van der Waals surface area contributed by atoms with Crippen LogP contribution in [0, 0.1) is 6.92 Å². The molecule has 1 aromatic carbocycles.